The van der Waals surface area contributed by atoms with Crippen molar-refractivity contribution in [3.05, 3.63) is 35.4 Å². The third-order valence-electron chi connectivity index (χ3n) is 2.23. The second-order valence-electron chi connectivity index (χ2n) is 3.32. The van der Waals surface area contributed by atoms with Crippen LogP contribution in [0.3, 0.4) is 0 Å². The number of hydrogen-bond acceptors (Lipinski definition) is 3. The molecule has 1 saturated heterocycles. The van der Waals surface area contributed by atoms with Gasteiger partial charge in [-0.3, -0.25) is 0 Å². The Morgan fingerprint density at radius 1 is 1.40 bits per heavy atom. The lowest BCUT2D eigenvalue weighted by atomic mass is 10.2. The minimum atomic E-state index is -0.779. The van der Waals surface area contributed by atoms with Crippen LogP contribution < -0.4 is 5.73 Å². The molecule has 1 aliphatic rings. The van der Waals surface area contributed by atoms with Gasteiger partial charge in [0.1, 0.15) is 11.6 Å². The average molecular weight is 215 g/mol. The third-order valence-corrected chi connectivity index (χ3v) is 2.23. The summed E-state index contributed by atoms with van der Waals surface area (Å²) in [5.41, 5.74) is 5.58. The Hall–Kier alpha value is -1.04. The predicted octanol–water partition coefficient (Wildman–Crippen LogP) is 1.34. The zero-order chi connectivity index (χ0) is 10.8. The summed E-state index contributed by atoms with van der Waals surface area (Å²) < 4.78 is 36.4. The van der Waals surface area contributed by atoms with Crippen molar-refractivity contribution in [3.63, 3.8) is 0 Å². The molecular formula is C10H11F2NO2. The molecule has 1 aromatic rings. The summed E-state index contributed by atoms with van der Waals surface area (Å²) in [6.07, 6.45) is -1.00. The number of rotatable bonds is 2. The first-order valence-corrected chi connectivity index (χ1v) is 4.63. The van der Waals surface area contributed by atoms with Crippen molar-refractivity contribution in [2.45, 2.75) is 12.4 Å². The van der Waals surface area contributed by atoms with E-state index in [1.54, 1.807) is 0 Å². The lowest BCUT2D eigenvalue weighted by Gasteiger charge is -2.11. The second-order valence-corrected chi connectivity index (χ2v) is 3.32. The van der Waals surface area contributed by atoms with E-state index in [2.05, 4.69) is 0 Å². The summed E-state index contributed by atoms with van der Waals surface area (Å²) in [5.74, 6) is -1.29. The molecule has 5 heteroatoms. The fraction of sp³-hybridized carbons (Fsp3) is 0.400. The Morgan fingerprint density at radius 3 is 2.80 bits per heavy atom. The minimum absolute atomic E-state index is 0.201. The monoisotopic (exact) mass is 215 g/mol. The van der Waals surface area contributed by atoms with Crippen molar-refractivity contribution in [1.82, 2.24) is 0 Å². The normalized spacial score (nSPS) is 25.8. The highest BCUT2D eigenvalue weighted by Gasteiger charge is 2.28. The molecule has 2 N–H and O–H groups in total. The van der Waals surface area contributed by atoms with Crippen LogP contribution in [-0.2, 0) is 9.47 Å². The number of hydrogen-bond donors (Lipinski definition) is 1. The first kappa shape index (κ1) is 10.5. The number of benzene rings is 1. The molecule has 2 atom stereocenters. The molecule has 3 nitrogen and oxygen atoms in total. The lowest BCUT2D eigenvalue weighted by Crippen LogP contribution is -2.21. The number of halogens is 2. The van der Waals surface area contributed by atoms with Gasteiger partial charge in [-0.2, -0.15) is 0 Å². The zero-order valence-corrected chi connectivity index (χ0v) is 7.95. The Bertz CT molecular complexity index is 359. The van der Waals surface area contributed by atoms with E-state index in [1.807, 2.05) is 0 Å². The summed E-state index contributed by atoms with van der Waals surface area (Å²) in [5, 5.41) is 0. The van der Waals surface area contributed by atoms with Gasteiger partial charge < -0.3 is 15.2 Å². The van der Waals surface area contributed by atoms with E-state index < -0.39 is 17.9 Å². The molecule has 2 unspecified atom stereocenters. The zero-order valence-electron chi connectivity index (χ0n) is 7.95. The van der Waals surface area contributed by atoms with Crippen molar-refractivity contribution in [2.24, 2.45) is 5.73 Å². The summed E-state index contributed by atoms with van der Waals surface area (Å²) in [6.45, 7) is 0.650. The maximum atomic E-state index is 13.3. The smallest absolute Gasteiger partial charge is 0.187 e. The van der Waals surface area contributed by atoms with Gasteiger partial charge in [0.2, 0.25) is 0 Å². The largest absolute Gasteiger partial charge is 0.346 e. The Balaban J connectivity index is 2.17. The molecule has 15 heavy (non-hydrogen) atoms. The third kappa shape index (κ3) is 2.14. The van der Waals surface area contributed by atoms with Gasteiger partial charge in [0.25, 0.3) is 0 Å². The van der Waals surface area contributed by atoms with Gasteiger partial charge in [0.15, 0.2) is 6.29 Å². The van der Waals surface area contributed by atoms with Gasteiger partial charge in [0.05, 0.1) is 12.7 Å². The molecule has 2 rings (SSSR count). The Labute approximate surface area is 85.8 Å². The lowest BCUT2D eigenvalue weighted by molar-refractivity contribution is -0.0607. The van der Waals surface area contributed by atoms with Crippen molar-refractivity contribution < 1.29 is 18.3 Å². The molecule has 1 aromatic carbocycles. The highest BCUT2D eigenvalue weighted by Crippen LogP contribution is 2.28. The van der Waals surface area contributed by atoms with E-state index in [9.17, 15) is 8.78 Å². The molecule has 82 valence electrons. The molecule has 0 aliphatic carbocycles. The fourth-order valence-electron chi connectivity index (χ4n) is 1.43. The van der Waals surface area contributed by atoms with Crippen molar-refractivity contribution in [2.75, 3.05) is 13.2 Å². The summed E-state index contributed by atoms with van der Waals surface area (Å²) >= 11 is 0. The topological polar surface area (TPSA) is 44.5 Å². The van der Waals surface area contributed by atoms with Crippen LogP contribution in [0.15, 0.2) is 18.2 Å². The molecular weight excluding hydrogens is 204 g/mol. The molecule has 0 bridgehead atoms. The highest BCUT2D eigenvalue weighted by atomic mass is 19.1. The van der Waals surface area contributed by atoms with Gasteiger partial charge in [-0.05, 0) is 12.1 Å². The van der Waals surface area contributed by atoms with Crippen LogP contribution in [0.1, 0.15) is 11.9 Å². The van der Waals surface area contributed by atoms with E-state index in [0.717, 1.165) is 6.07 Å². The molecule has 1 fully saturated rings. The van der Waals surface area contributed by atoms with Crippen LogP contribution in [0.5, 0.6) is 0 Å². The Kier molecular flexibility index (Phi) is 2.95. The quantitative estimate of drug-likeness (QED) is 0.809. The van der Waals surface area contributed by atoms with Crippen LogP contribution in [-0.4, -0.2) is 19.3 Å². The van der Waals surface area contributed by atoms with Crippen LogP contribution in [0, 0.1) is 11.6 Å². The molecule has 0 spiro atoms. The van der Waals surface area contributed by atoms with Crippen molar-refractivity contribution in [1.29, 1.82) is 0 Å². The molecule has 0 saturated carbocycles. The summed E-state index contributed by atoms with van der Waals surface area (Å²) in [7, 11) is 0. The number of nitrogens with two attached hydrogens (primary N) is 1. The summed E-state index contributed by atoms with van der Waals surface area (Å²) in [6, 6.07) is 3.28. The van der Waals surface area contributed by atoms with Crippen LogP contribution in [0.4, 0.5) is 8.78 Å². The Morgan fingerprint density at radius 2 is 2.20 bits per heavy atom. The van der Waals surface area contributed by atoms with E-state index in [1.165, 1.54) is 12.1 Å². The maximum Gasteiger partial charge on any atom is 0.187 e. The number of ether oxygens (including phenoxy) is 2. The van der Waals surface area contributed by atoms with Crippen LogP contribution >= 0.6 is 0 Å². The fourth-order valence-corrected chi connectivity index (χ4v) is 1.43. The minimum Gasteiger partial charge on any atom is -0.346 e. The molecule has 0 amide bonds. The maximum absolute atomic E-state index is 13.3. The first-order valence-electron chi connectivity index (χ1n) is 4.63. The first-order chi connectivity index (χ1) is 7.20. The highest BCUT2D eigenvalue weighted by molar-refractivity contribution is 5.20. The van der Waals surface area contributed by atoms with Crippen LogP contribution in [0.2, 0.25) is 0 Å². The molecule has 1 heterocycles. The SMILES string of the molecule is NCC1COC(c2ccc(F)cc2F)O1. The van der Waals surface area contributed by atoms with Gasteiger partial charge in [-0.1, -0.05) is 0 Å². The molecule has 0 aromatic heterocycles. The van der Waals surface area contributed by atoms with Crippen molar-refractivity contribution in [3.8, 4) is 0 Å². The van der Waals surface area contributed by atoms with E-state index >= 15 is 0 Å². The predicted molar refractivity (Wildman–Crippen MR) is 49.0 cm³/mol. The molecule has 0 radical (unpaired) electrons. The second kappa shape index (κ2) is 4.22. The van der Waals surface area contributed by atoms with E-state index in [-0.39, 0.29) is 11.7 Å². The van der Waals surface area contributed by atoms with Gasteiger partial charge >= 0.3 is 0 Å². The van der Waals surface area contributed by atoms with Gasteiger partial charge in [-0.25, -0.2) is 8.78 Å². The standard InChI is InChI=1S/C10H11F2NO2/c11-6-1-2-8(9(12)3-6)10-14-5-7(4-13)15-10/h1-3,7,10H,4-5,13H2. The van der Waals surface area contributed by atoms with E-state index in [4.69, 9.17) is 15.2 Å². The average Bonchev–Trinajstić information content (AvgIpc) is 2.66. The van der Waals surface area contributed by atoms with Gasteiger partial charge in [-0.15, -0.1) is 0 Å². The van der Waals surface area contributed by atoms with Gasteiger partial charge in [0, 0.05) is 18.2 Å². The molecule has 1 aliphatic heterocycles. The van der Waals surface area contributed by atoms with Crippen molar-refractivity contribution >= 4 is 0 Å². The summed E-state index contributed by atoms with van der Waals surface area (Å²) in [4.78, 5) is 0. The van der Waals surface area contributed by atoms with E-state index in [0.29, 0.717) is 13.2 Å². The van der Waals surface area contributed by atoms with Crippen LogP contribution in [0.25, 0.3) is 0 Å².